The highest BCUT2D eigenvalue weighted by atomic mass is 16.2. The number of fused-ring (bicyclic) bond motifs is 1. The van der Waals surface area contributed by atoms with Crippen molar-refractivity contribution in [1.82, 2.24) is 9.80 Å². The Kier molecular flexibility index (Phi) is 7.40. The Labute approximate surface area is 186 Å². The lowest BCUT2D eigenvalue weighted by Gasteiger charge is -2.22. The number of anilines is 2. The first-order valence-electron chi connectivity index (χ1n) is 10.8. The maximum atomic E-state index is 12.6. The second-order valence-electron chi connectivity index (χ2n) is 7.95. The fourth-order valence-corrected chi connectivity index (χ4v) is 4.05. The molecule has 0 radical (unpaired) electrons. The van der Waals surface area contributed by atoms with E-state index in [-0.39, 0.29) is 60.9 Å². The third-order valence-corrected chi connectivity index (χ3v) is 5.71. The lowest BCUT2D eigenvalue weighted by molar-refractivity contribution is -0.141. The summed E-state index contributed by atoms with van der Waals surface area (Å²) in [6, 6.07) is 6.63. The van der Waals surface area contributed by atoms with Gasteiger partial charge in [0.05, 0.1) is 18.4 Å². The Morgan fingerprint density at radius 3 is 2.00 bits per heavy atom. The van der Waals surface area contributed by atoms with Crippen LogP contribution in [0.3, 0.4) is 0 Å². The Balaban J connectivity index is 1.50. The van der Waals surface area contributed by atoms with E-state index in [1.807, 2.05) is 12.2 Å². The van der Waals surface area contributed by atoms with Crippen LogP contribution in [0.2, 0.25) is 0 Å². The smallest absolute Gasteiger partial charge is 0.243 e. The molecule has 1 aliphatic heterocycles. The largest absolute Gasteiger partial charge is 0.334 e. The zero-order valence-electron chi connectivity index (χ0n) is 18.3. The van der Waals surface area contributed by atoms with Crippen LogP contribution in [0.5, 0.6) is 0 Å². The summed E-state index contributed by atoms with van der Waals surface area (Å²) < 4.78 is 0. The van der Waals surface area contributed by atoms with Gasteiger partial charge in [-0.1, -0.05) is 12.2 Å². The first kappa shape index (κ1) is 23.2. The SMILES string of the molecule is CCN(CC(=O)Nc1ccc(NC(C)=O)cc1)C(=O)CCN1C(=O)[C@@H]2CC=CC[C@H]2C1=O. The van der Waals surface area contributed by atoms with Crippen LogP contribution in [0.4, 0.5) is 11.4 Å². The Morgan fingerprint density at radius 1 is 0.969 bits per heavy atom. The molecule has 0 saturated carbocycles. The van der Waals surface area contributed by atoms with Crippen molar-refractivity contribution in [3.63, 3.8) is 0 Å². The minimum absolute atomic E-state index is 0.0170. The summed E-state index contributed by atoms with van der Waals surface area (Å²) in [6.45, 7) is 3.39. The van der Waals surface area contributed by atoms with Gasteiger partial charge in [-0.15, -0.1) is 0 Å². The fourth-order valence-electron chi connectivity index (χ4n) is 4.05. The van der Waals surface area contributed by atoms with Crippen LogP contribution in [-0.4, -0.2) is 59.0 Å². The first-order chi connectivity index (χ1) is 15.3. The zero-order chi connectivity index (χ0) is 23.3. The van der Waals surface area contributed by atoms with Gasteiger partial charge in [0.25, 0.3) is 0 Å². The molecular formula is C23H28N4O5. The highest BCUT2D eigenvalue weighted by molar-refractivity contribution is 6.05. The predicted octanol–water partition coefficient (Wildman–Crippen LogP) is 1.77. The quantitative estimate of drug-likeness (QED) is 0.472. The van der Waals surface area contributed by atoms with E-state index in [1.165, 1.54) is 16.7 Å². The average molecular weight is 441 g/mol. The topological polar surface area (TPSA) is 116 Å². The maximum absolute atomic E-state index is 12.6. The minimum Gasteiger partial charge on any atom is -0.334 e. The van der Waals surface area contributed by atoms with Gasteiger partial charge in [-0.05, 0) is 44.0 Å². The van der Waals surface area contributed by atoms with Crippen LogP contribution < -0.4 is 10.6 Å². The summed E-state index contributed by atoms with van der Waals surface area (Å²) in [6.07, 6.45) is 4.95. The summed E-state index contributed by atoms with van der Waals surface area (Å²) in [5.41, 5.74) is 1.15. The molecule has 0 bridgehead atoms. The number of carbonyl (C=O) groups is 5. The molecule has 1 fully saturated rings. The first-order valence-corrected chi connectivity index (χ1v) is 10.8. The summed E-state index contributed by atoms with van der Waals surface area (Å²) >= 11 is 0. The number of benzene rings is 1. The number of nitrogens with zero attached hydrogens (tertiary/aromatic N) is 2. The molecule has 32 heavy (non-hydrogen) atoms. The number of allylic oxidation sites excluding steroid dienone is 2. The molecule has 9 heteroatoms. The normalized spacial score (nSPS) is 19.5. The highest BCUT2D eigenvalue weighted by Gasteiger charge is 2.47. The number of likely N-dealkylation sites (tertiary alicyclic amines) is 1. The second kappa shape index (κ2) is 10.2. The number of imide groups is 1. The highest BCUT2D eigenvalue weighted by Crippen LogP contribution is 2.35. The van der Waals surface area contributed by atoms with E-state index in [4.69, 9.17) is 0 Å². The van der Waals surface area contributed by atoms with Gasteiger partial charge < -0.3 is 15.5 Å². The van der Waals surface area contributed by atoms with Crippen molar-refractivity contribution < 1.29 is 24.0 Å². The standard InChI is InChI=1S/C23H28N4O5/c1-3-26(14-20(29)25-17-10-8-16(9-11-17)24-15(2)28)21(30)12-13-27-22(31)18-6-4-5-7-19(18)23(27)32/h4-5,8-11,18-19H,3,6-7,12-14H2,1-2H3,(H,24,28)(H,25,29)/t18-,19-/m1/s1. The molecule has 0 aromatic heterocycles. The monoisotopic (exact) mass is 440 g/mol. The van der Waals surface area contributed by atoms with Crippen LogP contribution in [-0.2, 0) is 24.0 Å². The van der Waals surface area contributed by atoms with E-state index in [0.717, 1.165) is 0 Å². The number of amides is 5. The Morgan fingerprint density at radius 2 is 1.50 bits per heavy atom. The van der Waals surface area contributed by atoms with Gasteiger partial charge in [0.15, 0.2) is 0 Å². The summed E-state index contributed by atoms with van der Waals surface area (Å²) in [7, 11) is 0. The molecule has 5 amide bonds. The van der Waals surface area contributed by atoms with Gasteiger partial charge in [0.1, 0.15) is 0 Å². The van der Waals surface area contributed by atoms with E-state index in [0.29, 0.717) is 30.8 Å². The molecule has 170 valence electrons. The van der Waals surface area contributed by atoms with E-state index < -0.39 is 0 Å². The summed E-state index contributed by atoms with van der Waals surface area (Å²) in [5.74, 6) is -1.89. The van der Waals surface area contributed by atoms with Crippen molar-refractivity contribution in [3.05, 3.63) is 36.4 Å². The molecule has 3 rings (SSSR count). The maximum Gasteiger partial charge on any atom is 0.243 e. The summed E-state index contributed by atoms with van der Waals surface area (Å²) in [4.78, 5) is 63.7. The third kappa shape index (κ3) is 5.40. The van der Waals surface area contributed by atoms with Gasteiger partial charge in [-0.3, -0.25) is 28.9 Å². The van der Waals surface area contributed by atoms with Crippen molar-refractivity contribution >= 4 is 40.9 Å². The number of carbonyl (C=O) groups excluding carboxylic acids is 5. The molecule has 1 saturated heterocycles. The number of hydrogen-bond donors (Lipinski definition) is 2. The lowest BCUT2D eigenvalue weighted by Crippen LogP contribution is -2.40. The zero-order valence-corrected chi connectivity index (χ0v) is 18.3. The molecule has 9 nitrogen and oxygen atoms in total. The van der Waals surface area contributed by atoms with E-state index in [1.54, 1.807) is 31.2 Å². The summed E-state index contributed by atoms with van der Waals surface area (Å²) in [5, 5.41) is 5.36. The Bertz CT molecular complexity index is 914. The van der Waals surface area contributed by atoms with Crippen molar-refractivity contribution in [1.29, 1.82) is 0 Å². The minimum atomic E-state index is -0.363. The molecule has 1 aromatic rings. The lowest BCUT2D eigenvalue weighted by atomic mass is 9.85. The molecule has 2 atom stereocenters. The molecule has 1 heterocycles. The number of likely N-dealkylation sites (N-methyl/N-ethyl adjacent to an activating group) is 1. The molecule has 0 unspecified atom stereocenters. The van der Waals surface area contributed by atoms with Crippen LogP contribution in [0.15, 0.2) is 36.4 Å². The third-order valence-electron chi connectivity index (χ3n) is 5.71. The fraction of sp³-hybridized carbons (Fsp3) is 0.435. The predicted molar refractivity (Wildman–Crippen MR) is 118 cm³/mol. The Hall–Kier alpha value is -3.49. The van der Waals surface area contributed by atoms with Crippen molar-refractivity contribution in [3.8, 4) is 0 Å². The van der Waals surface area contributed by atoms with Crippen LogP contribution in [0, 0.1) is 11.8 Å². The van der Waals surface area contributed by atoms with E-state index in [9.17, 15) is 24.0 Å². The van der Waals surface area contributed by atoms with Gasteiger partial charge in [0.2, 0.25) is 29.5 Å². The van der Waals surface area contributed by atoms with Crippen LogP contribution >= 0.6 is 0 Å². The average Bonchev–Trinajstić information content (AvgIpc) is 3.01. The molecule has 1 aliphatic carbocycles. The molecular weight excluding hydrogens is 412 g/mol. The van der Waals surface area contributed by atoms with E-state index in [2.05, 4.69) is 10.6 Å². The van der Waals surface area contributed by atoms with E-state index >= 15 is 0 Å². The molecule has 0 spiro atoms. The molecule has 1 aromatic carbocycles. The number of nitrogens with one attached hydrogen (secondary N) is 2. The van der Waals surface area contributed by atoms with Crippen molar-refractivity contribution in [2.45, 2.75) is 33.1 Å². The number of hydrogen-bond acceptors (Lipinski definition) is 5. The van der Waals surface area contributed by atoms with Gasteiger partial charge >= 0.3 is 0 Å². The molecule has 2 aliphatic rings. The van der Waals surface area contributed by atoms with Crippen LogP contribution in [0.1, 0.15) is 33.1 Å². The molecule has 2 N–H and O–H groups in total. The van der Waals surface area contributed by atoms with Gasteiger partial charge in [-0.2, -0.15) is 0 Å². The van der Waals surface area contributed by atoms with Crippen molar-refractivity contribution in [2.75, 3.05) is 30.3 Å². The second-order valence-corrected chi connectivity index (χ2v) is 7.95. The van der Waals surface area contributed by atoms with Crippen LogP contribution in [0.25, 0.3) is 0 Å². The van der Waals surface area contributed by atoms with Crippen molar-refractivity contribution in [2.24, 2.45) is 11.8 Å². The van der Waals surface area contributed by atoms with Gasteiger partial charge in [-0.25, -0.2) is 0 Å². The number of rotatable bonds is 8. The van der Waals surface area contributed by atoms with Gasteiger partial charge in [0, 0.05) is 37.8 Å².